The number of rotatable bonds is 5. The Kier molecular flexibility index (Phi) is 16.2. The fourth-order valence-electron chi connectivity index (χ4n) is 0.760. The molecule has 2 nitrogen and oxygen atoms in total. The quantitative estimate of drug-likeness (QED) is 0.642. The molecule has 0 fully saturated rings. The molecule has 0 aliphatic carbocycles. The van der Waals surface area contributed by atoms with E-state index in [9.17, 15) is 0 Å². The second-order valence-electron chi connectivity index (χ2n) is 2.02. The lowest BCUT2D eigenvalue weighted by Crippen LogP contribution is -2.26. The van der Waals surface area contributed by atoms with Crippen LogP contribution in [0.25, 0.3) is 0 Å². The molecule has 0 aliphatic heterocycles. The Labute approximate surface area is 76.3 Å². The maximum Gasteiger partial charge on any atom is 0.0589 e. The van der Waals surface area contributed by atoms with Crippen LogP contribution in [-0.4, -0.2) is 44.5 Å². The lowest BCUT2D eigenvalue weighted by atomic mass is 10.5. The normalized spacial score (nSPS) is 9.27. The lowest BCUT2D eigenvalue weighted by molar-refractivity contribution is 0.154. The second kappa shape index (κ2) is 12.9. The zero-order valence-electron chi connectivity index (χ0n) is 8.13. The molecular formula is C8H21NOS. The molecule has 0 saturated heterocycles. The summed E-state index contributed by atoms with van der Waals surface area (Å²) in [6.45, 7) is 8.49. The van der Waals surface area contributed by atoms with E-state index in [-0.39, 0.29) is 0 Å². The summed E-state index contributed by atoms with van der Waals surface area (Å²) in [5, 5.41) is 0. The van der Waals surface area contributed by atoms with Crippen molar-refractivity contribution in [2.75, 3.05) is 39.6 Å². The predicted octanol–water partition coefficient (Wildman–Crippen LogP) is 1.52. The number of ether oxygens (including phenoxy) is 1. The van der Waals surface area contributed by atoms with E-state index in [0.717, 1.165) is 26.2 Å². The van der Waals surface area contributed by atoms with Crippen molar-refractivity contribution < 1.29 is 4.74 Å². The summed E-state index contributed by atoms with van der Waals surface area (Å²) in [5.41, 5.74) is 0. The van der Waals surface area contributed by atoms with Crippen LogP contribution >= 0.6 is 12.6 Å². The molecular weight excluding hydrogens is 158 g/mol. The average molecular weight is 179 g/mol. The van der Waals surface area contributed by atoms with Crippen molar-refractivity contribution in [1.82, 2.24) is 4.90 Å². The Morgan fingerprint density at radius 1 is 1.18 bits per heavy atom. The Morgan fingerprint density at radius 2 is 1.64 bits per heavy atom. The third-order valence-electron chi connectivity index (χ3n) is 1.51. The van der Waals surface area contributed by atoms with Crippen molar-refractivity contribution in [3.05, 3.63) is 0 Å². The van der Waals surface area contributed by atoms with Gasteiger partial charge >= 0.3 is 0 Å². The number of likely N-dealkylation sites (N-methyl/N-ethyl adjacent to an activating group) is 1. The van der Waals surface area contributed by atoms with Crippen LogP contribution in [0.4, 0.5) is 0 Å². The third kappa shape index (κ3) is 10.3. The van der Waals surface area contributed by atoms with Gasteiger partial charge in [0.25, 0.3) is 0 Å². The SMILES string of the molecule is CCN(CC)CCOC.CS. The van der Waals surface area contributed by atoms with Gasteiger partial charge in [0.2, 0.25) is 0 Å². The van der Waals surface area contributed by atoms with Gasteiger partial charge in [-0.1, -0.05) is 13.8 Å². The molecule has 11 heavy (non-hydrogen) atoms. The molecule has 0 radical (unpaired) electrons. The Balaban J connectivity index is 0. The van der Waals surface area contributed by atoms with E-state index < -0.39 is 0 Å². The summed E-state index contributed by atoms with van der Waals surface area (Å²) in [5.74, 6) is 0. The molecule has 3 heteroatoms. The fourth-order valence-corrected chi connectivity index (χ4v) is 0.760. The molecule has 0 unspecified atom stereocenters. The van der Waals surface area contributed by atoms with Gasteiger partial charge in [-0.25, -0.2) is 0 Å². The molecule has 70 valence electrons. The summed E-state index contributed by atoms with van der Waals surface area (Å²) in [6, 6.07) is 0. The lowest BCUT2D eigenvalue weighted by Gasteiger charge is -2.16. The van der Waals surface area contributed by atoms with E-state index in [1.54, 1.807) is 13.4 Å². The van der Waals surface area contributed by atoms with Crippen LogP contribution in [0.1, 0.15) is 13.8 Å². The van der Waals surface area contributed by atoms with Crippen LogP contribution in [0.3, 0.4) is 0 Å². The van der Waals surface area contributed by atoms with E-state index in [4.69, 9.17) is 4.74 Å². The molecule has 0 amide bonds. The van der Waals surface area contributed by atoms with Crippen molar-refractivity contribution in [3.8, 4) is 0 Å². The molecule has 0 spiro atoms. The molecule has 0 saturated carbocycles. The van der Waals surface area contributed by atoms with Crippen molar-refractivity contribution in [3.63, 3.8) is 0 Å². The molecule has 0 aliphatic rings. The van der Waals surface area contributed by atoms with Crippen molar-refractivity contribution in [1.29, 1.82) is 0 Å². The summed E-state index contributed by atoms with van der Waals surface area (Å²) in [7, 11) is 1.74. The predicted molar refractivity (Wildman–Crippen MR) is 54.6 cm³/mol. The van der Waals surface area contributed by atoms with Gasteiger partial charge in [0.1, 0.15) is 0 Å². The standard InChI is InChI=1S/C7H17NO.CH4S/c1-4-8(5-2)6-7-9-3;1-2/h4-7H2,1-3H3;2H,1H3. The van der Waals surface area contributed by atoms with Gasteiger partial charge in [-0.2, -0.15) is 12.6 Å². The molecule has 0 bridgehead atoms. The largest absolute Gasteiger partial charge is 0.383 e. The monoisotopic (exact) mass is 179 g/mol. The molecule has 0 heterocycles. The average Bonchev–Trinajstić information content (AvgIpc) is 2.10. The minimum absolute atomic E-state index is 0.849. The summed E-state index contributed by atoms with van der Waals surface area (Å²) < 4.78 is 4.93. The summed E-state index contributed by atoms with van der Waals surface area (Å²) >= 11 is 3.53. The fraction of sp³-hybridized carbons (Fsp3) is 1.00. The molecule has 0 aromatic carbocycles. The van der Waals surface area contributed by atoms with Gasteiger partial charge in [-0.15, -0.1) is 0 Å². The number of thiol groups is 1. The highest BCUT2D eigenvalue weighted by Gasteiger charge is 1.95. The molecule has 0 N–H and O–H groups in total. The highest BCUT2D eigenvalue weighted by atomic mass is 32.1. The third-order valence-corrected chi connectivity index (χ3v) is 1.51. The van der Waals surface area contributed by atoms with E-state index in [0.29, 0.717) is 0 Å². The maximum absolute atomic E-state index is 4.93. The van der Waals surface area contributed by atoms with Crippen LogP contribution in [-0.2, 0) is 4.74 Å². The van der Waals surface area contributed by atoms with Crippen molar-refractivity contribution in [2.45, 2.75) is 13.8 Å². The first-order valence-electron chi connectivity index (χ1n) is 4.01. The van der Waals surface area contributed by atoms with E-state index >= 15 is 0 Å². The van der Waals surface area contributed by atoms with Gasteiger partial charge in [-0.3, -0.25) is 0 Å². The summed E-state index contributed by atoms with van der Waals surface area (Å²) in [4.78, 5) is 2.34. The highest BCUT2D eigenvalue weighted by Crippen LogP contribution is 1.84. The van der Waals surface area contributed by atoms with Crippen molar-refractivity contribution >= 4 is 12.6 Å². The molecule has 0 rings (SSSR count). The molecule has 0 aromatic rings. The Hall–Kier alpha value is 0.270. The highest BCUT2D eigenvalue weighted by molar-refractivity contribution is 7.79. The second-order valence-corrected chi connectivity index (χ2v) is 2.02. The van der Waals surface area contributed by atoms with Gasteiger partial charge in [0.15, 0.2) is 0 Å². The van der Waals surface area contributed by atoms with Crippen LogP contribution in [0.2, 0.25) is 0 Å². The van der Waals surface area contributed by atoms with E-state index in [1.165, 1.54) is 0 Å². The first kappa shape index (κ1) is 13.8. The zero-order valence-corrected chi connectivity index (χ0v) is 9.03. The minimum Gasteiger partial charge on any atom is -0.383 e. The first-order chi connectivity index (χ1) is 5.35. The van der Waals surface area contributed by atoms with Gasteiger partial charge in [0.05, 0.1) is 6.61 Å². The number of nitrogens with zero attached hydrogens (tertiary/aromatic N) is 1. The first-order valence-corrected chi connectivity index (χ1v) is 4.90. The van der Waals surface area contributed by atoms with Gasteiger partial charge in [0, 0.05) is 13.7 Å². The number of hydrogen-bond acceptors (Lipinski definition) is 3. The van der Waals surface area contributed by atoms with Crippen LogP contribution in [0.15, 0.2) is 0 Å². The Morgan fingerprint density at radius 3 is 1.91 bits per heavy atom. The summed E-state index contributed by atoms with van der Waals surface area (Å²) in [6.07, 6.45) is 1.69. The number of hydrogen-bond donors (Lipinski definition) is 1. The van der Waals surface area contributed by atoms with Crippen LogP contribution in [0, 0.1) is 0 Å². The minimum atomic E-state index is 0.849. The molecule has 0 aromatic heterocycles. The van der Waals surface area contributed by atoms with Gasteiger partial charge in [-0.05, 0) is 19.3 Å². The maximum atomic E-state index is 4.93. The smallest absolute Gasteiger partial charge is 0.0589 e. The van der Waals surface area contributed by atoms with Crippen molar-refractivity contribution in [2.24, 2.45) is 0 Å². The van der Waals surface area contributed by atoms with E-state index in [1.807, 2.05) is 0 Å². The zero-order chi connectivity index (χ0) is 9.11. The van der Waals surface area contributed by atoms with Crippen LogP contribution in [0.5, 0.6) is 0 Å². The van der Waals surface area contributed by atoms with Crippen LogP contribution < -0.4 is 0 Å². The van der Waals surface area contributed by atoms with E-state index in [2.05, 4.69) is 31.4 Å². The molecule has 0 atom stereocenters. The number of methoxy groups -OCH3 is 1. The van der Waals surface area contributed by atoms with Gasteiger partial charge < -0.3 is 9.64 Å². The topological polar surface area (TPSA) is 12.5 Å². The Bertz CT molecular complexity index is 58.1.